The average Bonchev–Trinajstić information content (AvgIpc) is 2.66. The molecule has 0 unspecified atom stereocenters. The van der Waals surface area contributed by atoms with Gasteiger partial charge in [0.15, 0.2) is 5.82 Å². The molecule has 0 amide bonds. The fraction of sp³-hybridized carbons (Fsp3) is 0.222. The molecular weight excluding hydrogens is 216 g/mol. The zero-order valence-corrected chi connectivity index (χ0v) is 8.22. The summed E-state index contributed by atoms with van der Waals surface area (Å²) in [4.78, 5) is 0. The molecule has 2 rings (SSSR count). The van der Waals surface area contributed by atoms with Crippen molar-refractivity contribution in [2.24, 2.45) is 0 Å². The summed E-state index contributed by atoms with van der Waals surface area (Å²) in [5, 5.41) is 10.5. The molecule has 16 heavy (non-hydrogen) atoms. The Morgan fingerprint density at radius 3 is 2.75 bits per heavy atom. The second-order valence-corrected chi connectivity index (χ2v) is 3.16. The van der Waals surface area contributed by atoms with Crippen LogP contribution >= 0.6 is 0 Å². The number of alkyl halides is 2. The molecule has 84 valence electrons. The molecule has 1 heterocycles. The minimum Gasteiger partial charge on any atom is -0.398 e. The lowest BCUT2D eigenvalue weighted by Crippen LogP contribution is -2.10. The lowest BCUT2D eigenvalue weighted by atomic mass is 10.2. The Hall–Kier alpha value is -2.05. The van der Waals surface area contributed by atoms with Gasteiger partial charge in [0.2, 0.25) is 0 Å². The van der Waals surface area contributed by atoms with Crippen LogP contribution in [0.25, 0.3) is 11.4 Å². The number of hydrogen-bond acceptors (Lipinski definition) is 4. The Morgan fingerprint density at radius 2 is 2.06 bits per heavy atom. The molecule has 0 saturated carbocycles. The lowest BCUT2D eigenvalue weighted by Gasteiger charge is -2.05. The van der Waals surface area contributed by atoms with E-state index in [4.69, 9.17) is 5.73 Å². The van der Waals surface area contributed by atoms with Crippen LogP contribution in [0.15, 0.2) is 24.3 Å². The van der Waals surface area contributed by atoms with Crippen LogP contribution in [0, 0.1) is 0 Å². The third-order valence-electron chi connectivity index (χ3n) is 2.04. The molecule has 0 aliphatic carbocycles. The first-order valence-electron chi connectivity index (χ1n) is 4.57. The van der Waals surface area contributed by atoms with Gasteiger partial charge in [-0.3, -0.25) is 0 Å². The molecule has 1 aromatic carbocycles. The zero-order chi connectivity index (χ0) is 11.5. The summed E-state index contributed by atoms with van der Waals surface area (Å²) < 4.78 is 25.5. The smallest absolute Gasteiger partial charge is 0.258 e. The van der Waals surface area contributed by atoms with Crippen LogP contribution in [0.5, 0.6) is 0 Å². The number of benzene rings is 1. The predicted molar refractivity (Wildman–Crippen MR) is 53.7 cm³/mol. The molecule has 2 N–H and O–H groups in total. The fourth-order valence-corrected chi connectivity index (χ4v) is 1.35. The number of para-hydroxylation sites is 1. The summed E-state index contributed by atoms with van der Waals surface area (Å²) in [5.74, 6) is 0.249. The van der Waals surface area contributed by atoms with E-state index in [1.54, 1.807) is 24.3 Å². The Bertz CT molecular complexity index is 482. The molecule has 0 aliphatic heterocycles. The van der Waals surface area contributed by atoms with Crippen molar-refractivity contribution < 1.29 is 8.78 Å². The van der Waals surface area contributed by atoms with Gasteiger partial charge in [0.25, 0.3) is 6.43 Å². The summed E-state index contributed by atoms with van der Waals surface area (Å²) >= 11 is 0. The number of nitrogens with zero attached hydrogens (tertiary/aromatic N) is 4. The quantitative estimate of drug-likeness (QED) is 0.796. The normalized spacial score (nSPS) is 10.9. The van der Waals surface area contributed by atoms with E-state index in [-0.39, 0.29) is 5.82 Å². The highest BCUT2D eigenvalue weighted by Gasteiger charge is 2.14. The Balaban J connectivity index is 2.41. The van der Waals surface area contributed by atoms with Crippen molar-refractivity contribution in [3.8, 4) is 11.4 Å². The molecule has 0 fully saturated rings. The van der Waals surface area contributed by atoms with Crippen LogP contribution < -0.4 is 5.73 Å². The topological polar surface area (TPSA) is 69.6 Å². The van der Waals surface area contributed by atoms with Crippen molar-refractivity contribution in [2.45, 2.75) is 13.0 Å². The predicted octanol–water partition coefficient (Wildman–Crippen LogP) is 1.19. The number of hydrogen-bond donors (Lipinski definition) is 1. The maximum Gasteiger partial charge on any atom is 0.258 e. The highest BCUT2D eigenvalue weighted by molar-refractivity contribution is 5.70. The van der Waals surface area contributed by atoms with Crippen LogP contribution in [0.2, 0.25) is 0 Å². The zero-order valence-electron chi connectivity index (χ0n) is 8.22. The first kappa shape index (κ1) is 10.5. The summed E-state index contributed by atoms with van der Waals surface area (Å²) in [6.45, 7) is -0.545. The van der Waals surface area contributed by atoms with Gasteiger partial charge in [-0.2, -0.15) is 0 Å². The third-order valence-corrected chi connectivity index (χ3v) is 2.04. The van der Waals surface area contributed by atoms with Crippen LogP contribution in [0.3, 0.4) is 0 Å². The second kappa shape index (κ2) is 4.21. The summed E-state index contributed by atoms with van der Waals surface area (Å²) in [5.41, 5.74) is 6.72. The molecule has 0 aliphatic rings. The maximum atomic E-state index is 12.2. The van der Waals surface area contributed by atoms with E-state index in [0.717, 1.165) is 4.68 Å². The largest absolute Gasteiger partial charge is 0.398 e. The minimum atomic E-state index is -2.51. The highest BCUT2D eigenvalue weighted by atomic mass is 19.3. The molecule has 1 aromatic heterocycles. The van der Waals surface area contributed by atoms with Gasteiger partial charge >= 0.3 is 0 Å². The molecule has 0 spiro atoms. The number of nitrogens with two attached hydrogens (primary N) is 1. The van der Waals surface area contributed by atoms with Gasteiger partial charge < -0.3 is 5.73 Å². The molecular formula is C9H9F2N5. The van der Waals surface area contributed by atoms with E-state index < -0.39 is 13.0 Å². The fourth-order valence-electron chi connectivity index (χ4n) is 1.35. The van der Waals surface area contributed by atoms with Crippen molar-refractivity contribution >= 4 is 5.69 Å². The average molecular weight is 225 g/mol. The molecule has 2 aromatic rings. The van der Waals surface area contributed by atoms with E-state index >= 15 is 0 Å². The van der Waals surface area contributed by atoms with Crippen LogP contribution in [-0.2, 0) is 6.54 Å². The van der Waals surface area contributed by atoms with E-state index in [1.165, 1.54) is 0 Å². The van der Waals surface area contributed by atoms with Crippen molar-refractivity contribution in [3.05, 3.63) is 24.3 Å². The minimum absolute atomic E-state index is 0.249. The van der Waals surface area contributed by atoms with E-state index in [2.05, 4.69) is 15.5 Å². The first-order valence-corrected chi connectivity index (χ1v) is 4.57. The number of rotatable bonds is 3. The van der Waals surface area contributed by atoms with Crippen molar-refractivity contribution in [1.29, 1.82) is 0 Å². The second-order valence-electron chi connectivity index (χ2n) is 3.16. The molecule has 5 nitrogen and oxygen atoms in total. The Labute approximate surface area is 89.9 Å². The summed E-state index contributed by atoms with van der Waals surface area (Å²) in [6, 6.07) is 6.84. The first-order chi connectivity index (χ1) is 7.68. The van der Waals surface area contributed by atoms with Crippen molar-refractivity contribution in [3.63, 3.8) is 0 Å². The van der Waals surface area contributed by atoms with Gasteiger partial charge in [0.1, 0.15) is 6.54 Å². The Kier molecular flexibility index (Phi) is 2.76. The molecule has 0 bridgehead atoms. The highest BCUT2D eigenvalue weighted by Crippen LogP contribution is 2.22. The number of halogens is 2. The van der Waals surface area contributed by atoms with Gasteiger partial charge in [0.05, 0.1) is 0 Å². The van der Waals surface area contributed by atoms with Gasteiger partial charge in [0, 0.05) is 11.3 Å². The van der Waals surface area contributed by atoms with Crippen LogP contribution in [0.1, 0.15) is 0 Å². The van der Waals surface area contributed by atoms with Gasteiger partial charge in [-0.25, -0.2) is 13.5 Å². The summed E-state index contributed by atoms with van der Waals surface area (Å²) in [6.07, 6.45) is -2.51. The van der Waals surface area contributed by atoms with Crippen LogP contribution in [-0.4, -0.2) is 26.6 Å². The number of anilines is 1. The maximum absolute atomic E-state index is 12.2. The standard InChI is InChI=1S/C9H9F2N5/c10-8(11)5-16-9(13-14-15-16)6-3-1-2-4-7(6)12/h1-4,8H,5,12H2. The summed E-state index contributed by atoms with van der Waals surface area (Å²) in [7, 11) is 0. The van der Waals surface area contributed by atoms with Crippen molar-refractivity contribution in [1.82, 2.24) is 20.2 Å². The van der Waals surface area contributed by atoms with Gasteiger partial charge in [-0.15, -0.1) is 5.10 Å². The van der Waals surface area contributed by atoms with E-state index in [1.807, 2.05) is 0 Å². The molecule has 0 saturated heterocycles. The number of tetrazole rings is 1. The SMILES string of the molecule is Nc1ccccc1-c1nnnn1CC(F)F. The van der Waals surface area contributed by atoms with Gasteiger partial charge in [-0.05, 0) is 22.6 Å². The lowest BCUT2D eigenvalue weighted by molar-refractivity contribution is 0.121. The molecule has 0 atom stereocenters. The Morgan fingerprint density at radius 1 is 1.31 bits per heavy atom. The van der Waals surface area contributed by atoms with Gasteiger partial charge in [-0.1, -0.05) is 12.1 Å². The van der Waals surface area contributed by atoms with Crippen molar-refractivity contribution in [2.75, 3.05) is 5.73 Å². The monoisotopic (exact) mass is 225 g/mol. The molecule has 7 heteroatoms. The van der Waals surface area contributed by atoms with Crippen LogP contribution in [0.4, 0.5) is 14.5 Å². The third kappa shape index (κ3) is 1.97. The van der Waals surface area contributed by atoms with E-state index in [9.17, 15) is 8.78 Å². The number of nitrogen functional groups attached to an aromatic ring is 1. The number of aromatic nitrogens is 4. The molecule has 0 radical (unpaired) electrons. The van der Waals surface area contributed by atoms with E-state index in [0.29, 0.717) is 11.3 Å².